The minimum absolute atomic E-state index is 0.216. The van der Waals surface area contributed by atoms with E-state index in [1.54, 1.807) is 10.8 Å². The average Bonchev–Trinajstić information content (AvgIpc) is 3.10. The third-order valence-electron chi connectivity index (χ3n) is 3.76. The number of pyridine rings is 2. The standard InChI is InChI=1S/C18H12ClN3OS/c1-11-7-8-13-15(19)14(17-20-9-10-24-17)18(23)22(16(13)21-11)12-5-3-2-4-6-12/h2-10H,1H3. The van der Waals surface area contributed by atoms with Crippen LogP contribution in [0.15, 0.2) is 58.8 Å². The molecule has 118 valence electrons. The van der Waals surface area contributed by atoms with E-state index in [0.29, 0.717) is 21.2 Å². The molecule has 6 heteroatoms. The Morgan fingerprint density at radius 1 is 1.12 bits per heavy atom. The number of aryl methyl sites for hydroxylation is 1. The number of aromatic nitrogens is 3. The van der Waals surface area contributed by atoms with E-state index in [0.717, 1.165) is 16.8 Å². The number of nitrogens with zero attached hydrogens (tertiary/aromatic N) is 3. The fourth-order valence-electron chi connectivity index (χ4n) is 2.67. The Hall–Kier alpha value is -2.50. The molecule has 0 radical (unpaired) electrons. The third-order valence-corrected chi connectivity index (χ3v) is 4.94. The molecule has 3 heterocycles. The van der Waals surface area contributed by atoms with Gasteiger partial charge in [0.05, 0.1) is 16.3 Å². The molecule has 0 aliphatic carbocycles. The number of hydrogen-bond acceptors (Lipinski definition) is 4. The van der Waals surface area contributed by atoms with Crippen molar-refractivity contribution in [1.29, 1.82) is 0 Å². The minimum atomic E-state index is -0.216. The Bertz CT molecular complexity index is 1090. The molecule has 0 saturated heterocycles. The van der Waals surface area contributed by atoms with Crippen LogP contribution < -0.4 is 5.56 Å². The van der Waals surface area contributed by atoms with Gasteiger partial charge in [-0.2, -0.15) is 0 Å². The largest absolute Gasteiger partial charge is 0.268 e. The van der Waals surface area contributed by atoms with Crippen molar-refractivity contribution < 1.29 is 0 Å². The van der Waals surface area contributed by atoms with Crippen LogP contribution in [0, 0.1) is 6.92 Å². The molecular formula is C18H12ClN3OS. The Kier molecular flexibility index (Phi) is 3.67. The zero-order valence-corrected chi connectivity index (χ0v) is 14.3. The predicted molar refractivity (Wildman–Crippen MR) is 98.2 cm³/mol. The number of benzene rings is 1. The molecule has 24 heavy (non-hydrogen) atoms. The summed E-state index contributed by atoms with van der Waals surface area (Å²) in [7, 11) is 0. The van der Waals surface area contributed by atoms with Crippen molar-refractivity contribution in [3.05, 3.63) is 75.1 Å². The zero-order valence-electron chi connectivity index (χ0n) is 12.7. The molecule has 4 rings (SSSR count). The van der Waals surface area contributed by atoms with Crippen molar-refractivity contribution in [1.82, 2.24) is 14.5 Å². The number of thiazole rings is 1. The van der Waals surface area contributed by atoms with E-state index in [-0.39, 0.29) is 5.56 Å². The van der Waals surface area contributed by atoms with E-state index in [2.05, 4.69) is 9.97 Å². The lowest BCUT2D eigenvalue weighted by atomic mass is 10.1. The molecule has 0 atom stereocenters. The Labute approximate surface area is 147 Å². The van der Waals surface area contributed by atoms with Crippen LogP contribution in [0.4, 0.5) is 0 Å². The summed E-state index contributed by atoms with van der Waals surface area (Å²) in [6.07, 6.45) is 1.67. The molecule has 0 aliphatic heterocycles. The lowest BCUT2D eigenvalue weighted by Crippen LogP contribution is -2.22. The summed E-state index contributed by atoms with van der Waals surface area (Å²) in [6, 6.07) is 13.2. The molecule has 0 amide bonds. The van der Waals surface area contributed by atoms with Gasteiger partial charge in [0.15, 0.2) is 0 Å². The molecule has 0 saturated carbocycles. The lowest BCUT2D eigenvalue weighted by molar-refractivity contribution is 1.01. The summed E-state index contributed by atoms with van der Waals surface area (Å²) >= 11 is 7.95. The van der Waals surface area contributed by atoms with E-state index in [1.165, 1.54) is 11.3 Å². The first-order valence-electron chi connectivity index (χ1n) is 7.34. The highest BCUT2D eigenvalue weighted by atomic mass is 35.5. The summed E-state index contributed by atoms with van der Waals surface area (Å²) in [4.78, 5) is 22.0. The Balaban J connectivity index is 2.21. The fourth-order valence-corrected chi connectivity index (χ4v) is 3.72. The predicted octanol–water partition coefficient (Wildman–Crippen LogP) is 4.47. The summed E-state index contributed by atoms with van der Waals surface area (Å²) in [5.41, 5.74) is 2.32. The van der Waals surface area contributed by atoms with Crippen LogP contribution in [-0.4, -0.2) is 14.5 Å². The van der Waals surface area contributed by atoms with Crippen molar-refractivity contribution in [3.63, 3.8) is 0 Å². The maximum absolute atomic E-state index is 13.2. The minimum Gasteiger partial charge on any atom is -0.268 e. The van der Waals surface area contributed by atoms with Gasteiger partial charge >= 0.3 is 0 Å². The quantitative estimate of drug-likeness (QED) is 0.534. The van der Waals surface area contributed by atoms with Crippen LogP contribution in [0.25, 0.3) is 27.3 Å². The first-order valence-corrected chi connectivity index (χ1v) is 8.60. The SMILES string of the molecule is Cc1ccc2c(Cl)c(-c3nccs3)c(=O)n(-c3ccccc3)c2n1. The van der Waals surface area contributed by atoms with Gasteiger partial charge in [-0.15, -0.1) is 11.3 Å². The molecule has 4 aromatic rings. The van der Waals surface area contributed by atoms with Gasteiger partial charge in [0.25, 0.3) is 5.56 Å². The third kappa shape index (κ3) is 2.33. The molecular weight excluding hydrogens is 342 g/mol. The molecule has 0 bridgehead atoms. The number of halogens is 1. The van der Waals surface area contributed by atoms with Crippen LogP contribution in [0.1, 0.15) is 5.69 Å². The van der Waals surface area contributed by atoms with E-state index >= 15 is 0 Å². The van der Waals surface area contributed by atoms with Gasteiger partial charge in [-0.1, -0.05) is 29.8 Å². The maximum Gasteiger partial charge on any atom is 0.268 e. The molecule has 1 aromatic carbocycles. The van der Waals surface area contributed by atoms with Crippen LogP contribution in [0.2, 0.25) is 5.02 Å². The van der Waals surface area contributed by atoms with Gasteiger partial charge in [-0.05, 0) is 31.2 Å². The molecule has 0 spiro atoms. The molecule has 0 fully saturated rings. The topological polar surface area (TPSA) is 47.8 Å². The highest BCUT2D eigenvalue weighted by Gasteiger charge is 2.20. The first-order chi connectivity index (χ1) is 11.7. The van der Waals surface area contributed by atoms with Crippen molar-refractivity contribution in [2.75, 3.05) is 0 Å². The van der Waals surface area contributed by atoms with Crippen molar-refractivity contribution in [2.24, 2.45) is 0 Å². The average molecular weight is 354 g/mol. The van der Waals surface area contributed by atoms with Gasteiger partial charge in [-0.25, -0.2) is 9.97 Å². The van der Waals surface area contributed by atoms with E-state index in [4.69, 9.17) is 11.6 Å². The Morgan fingerprint density at radius 2 is 1.92 bits per heavy atom. The van der Waals surface area contributed by atoms with Crippen molar-refractivity contribution in [2.45, 2.75) is 6.92 Å². The van der Waals surface area contributed by atoms with E-state index < -0.39 is 0 Å². The number of para-hydroxylation sites is 1. The zero-order chi connectivity index (χ0) is 16.7. The van der Waals surface area contributed by atoms with Gasteiger partial charge in [0.1, 0.15) is 10.7 Å². The summed E-state index contributed by atoms with van der Waals surface area (Å²) < 4.78 is 1.60. The normalized spacial score (nSPS) is 11.1. The van der Waals surface area contributed by atoms with Crippen molar-refractivity contribution in [3.8, 4) is 16.3 Å². The maximum atomic E-state index is 13.2. The first kappa shape index (κ1) is 15.1. The summed E-state index contributed by atoms with van der Waals surface area (Å²) in [5.74, 6) is 0. The molecule has 0 N–H and O–H groups in total. The highest BCUT2D eigenvalue weighted by molar-refractivity contribution is 7.13. The van der Waals surface area contributed by atoms with Gasteiger partial charge < -0.3 is 0 Å². The van der Waals surface area contributed by atoms with Gasteiger partial charge in [0, 0.05) is 22.7 Å². The van der Waals surface area contributed by atoms with E-state index in [1.807, 2.05) is 54.8 Å². The summed E-state index contributed by atoms with van der Waals surface area (Å²) in [5, 5.41) is 3.56. The second-order valence-corrected chi connectivity index (χ2v) is 6.60. The highest BCUT2D eigenvalue weighted by Crippen LogP contribution is 2.33. The van der Waals surface area contributed by atoms with Crippen LogP contribution in [0.3, 0.4) is 0 Å². The monoisotopic (exact) mass is 353 g/mol. The van der Waals surface area contributed by atoms with Crippen molar-refractivity contribution >= 4 is 34.0 Å². The fraction of sp³-hybridized carbons (Fsp3) is 0.0556. The molecule has 4 nitrogen and oxygen atoms in total. The van der Waals surface area contributed by atoms with Gasteiger partial charge in [-0.3, -0.25) is 9.36 Å². The Morgan fingerprint density at radius 3 is 2.62 bits per heavy atom. The second kappa shape index (κ2) is 5.85. The van der Waals surface area contributed by atoms with Crippen LogP contribution in [-0.2, 0) is 0 Å². The van der Waals surface area contributed by atoms with Crippen LogP contribution in [0.5, 0.6) is 0 Å². The van der Waals surface area contributed by atoms with Crippen LogP contribution >= 0.6 is 22.9 Å². The van der Waals surface area contributed by atoms with E-state index in [9.17, 15) is 4.79 Å². The second-order valence-electron chi connectivity index (χ2n) is 5.33. The smallest absolute Gasteiger partial charge is 0.268 e. The molecule has 3 aromatic heterocycles. The van der Waals surface area contributed by atoms with Gasteiger partial charge in [0.2, 0.25) is 0 Å². The lowest BCUT2D eigenvalue weighted by Gasteiger charge is -2.14. The molecule has 0 aliphatic rings. The summed E-state index contributed by atoms with van der Waals surface area (Å²) in [6.45, 7) is 1.89. The number of hydrogen-bond donors (Lipinski definition) is 0. The number of rotatable bonds is 2. The number of fused-ring (bicyclic) bond motifs is 1. The molecule has 0 unspecified atom stereocenters.